The first-order valence-electron chi connectivity index (χ1n) is 6.19. The van der Waals surface area contributed by atoms with Crippen LogP contribution in [-0.2, 0) is 26.2 Å². The summed E-state index contributed by atoms with van der Waals surface area (Å²) in [4.78, 5) is 8.21. The Morgan fingerprint density at radius 3 is 2.56 bits per heavy atom. The van der Waals surface area contributed by atoms with Crippen molar-refractivity contribution in [2.24, 2.45) is 0 Å². The Labute approximate surface area is 106 Å². The molecule has 2 aliphatic heterocycles. The van der Waals surface area contributed by atoms with Crippen LogP contribution in [-0.4, -0.2) is 9.97 Å². The van der Waals surface area contributed by atoms with E-state index in [1.54, 1.807) is 0 Å². The number of nitrogens with one attached hydrogen (secondary N) is 2. The number of fused-ring (bicyclic) bond motifs is 2. The van der Waals surface area contributed by atoms with E-state index in [2.05, 4.69) is 32.7 Å². The van der Waals surface area contributed by atoms with Crippen LogP contribution in [0.15, 0.2) is 36.8 Å². The first-order chi connectivity index (χ1) is 8.93. The molecule has 4 nitrogen and oxygen atoms in total. The van der Waals surface area contributed by atoms with Crippen molar-refractivity contribution in [3.05, 3.63) is 59.2 Å². The molecule has 0 aliphatic carbocycles. The molecule has 0 bridgehead atoms. The lowest BCUT2D eigenvalue weighted by atomic mass is 10.2. The molecule has 0 aromatic carbocycles. The van der Waals surface area contributed by atoms with Crippen molar-refractivity contribution in [3.8, 4) is 0 Å². The highest BCUT2D eigenvalue weighted by Gasteiger charge is 2.08. The van der Waals surface area contributed by atoms with Gasteiger partial charge in [0.1, 0.15) is 0 Å². The molecule has 0 saturated carbocycles. The smallest absolute Gasteiger partial charge is 0.0586 e. The minimum atomic E-state index is 0.941. The Hall–Kier alpha value is -1.78. The molecule has 0 saturated heterocycles. The Morgan fingerprint density at radius 2 is 1.67 bits per heavy atom. The van der Waals surface area contributed by atoms with Gasteiger partial charge >= 0.3 is 0 Å². The van der Waals surface area contributed by atoms with Gasteiger partial charge in [-0.2, -0.15) is 0 Å². The second-order valence-electron chi connectivity index (χ2n) is 4.46. The number of aromatic nitrogens is 2. The molecule has 2 aromatic rings. The number of rotatable bonds is 0. The Kier molecular flexibility index (Phi) is 3.30. The summed E-state index contributed by atoms with van der Waals surface area (Å²) in [5.74, 6) is 0. The highest BCUT2D eigenvalue weighted by Crippen LogP contribution is 2.11. The fourth-order valence-electron chi connectivity index (χ4n) is 2.23. The van der Waals surface area contributed by atoms with Crippen LogP contribution in [0.25, 0.3) is 0 Å². The fraction of sp³-hybridized carbons (Fsp3) is 0.286. The lowest BCUT2D eigenvalue weighted by molar-refractivity contribution is 0.757. The highest BCUT2D eigenvalue weighted by molar-refractivity contribution is 5.26. The van der Waals surface area contributed by atoms with Gasteiger partial charge in [0, 0.05) is 44.8 Å². The molecule has 0 fully saturated rings. The van der Waals surface area contributed by atoms with Gasteiger partial charge in [-0.15, -0.1) is 0 Å². The lowest BCUT2D eigenvalue weighted by Gasteiger charge is -1.90. The maximum Gasteiger partial charge on any atom is 0.0586 e. The van der Waals surface area contributed by atoms with Crippen LogP contribution in [0.1, 0.15) is 22.4 Å². The molecule has 2 aliphatic rings. The van der Waals surface area contributed by atoms with E-state index in [0.717, 1.165) is 26.2 Å². The predicted molar refractivity (Wildman–Crippen MR) is 69.6 cm³/mol. The molecular formula is C14H16N4. The van der Waals surface area contributed by atoms with Gasteiger partial charge in [-0.3, -0.25) is 9.97 Å². The van der Waals surface area contributed by atoms with E-state index in [4.69, 9.17) is 0 Å². The second-order valence-corrected chi connectivity index (χ2v) is 4.46. The third kappa shape index (κ3) is 2.39. The van der Waals surface area contributed by atoms with Gasteiger partial charge in [-0.1, -0.05) is 6.07 Å². The maximum absolute atomic E-state index is 4.20. The first kappa shape index (κ1) is 11.3. The summed E-state index contributed by atoms with van der Waals surface area (Å²) in [6, 6.07) is 6.16. The number of nitrogens with zero attached hydrogens (tertiary/aromatic N) is 2. The van der Waals surface area contributed by atoms with Crippen LogP contribution in [0.3, 0.4) is 0 Å². The van der Waals surface area contributed by atoms with Crippen molar-refractivity contribution in [3.63, 3.8) is 0 Å². The molecule has 0 spiro atoms. The standard InChI is InChI=1S/2C7H8N2/c1-2-8-4-7-5-9-3-6(1)7;1-2-6-4-8-5-7(6)9-3-1/h1-2,4,9H,3,5H2;1-3,8H,4-5H2. The van der Waals surface area contributed by atoms with Gasteiger partial charge in [0.15, 0.2) is 0 Å². The van der Waals surface area contributed by atoms with Crippen molar-refractivity contribution in [1.82, 2.24) is 20.6 Å². The Bertz CT molecular complexity index is 443. The number of pyridine rings is 2. The molecule has 0 atom stereocenters. The number of hydrogen-bond acceptors (Lipinski definition) is 4. The molecule has 18 heavy (non-hydrogen) atoms. The SMILES string of the molecule is c1cc2c(cn1)CNC2.c1cnc2c(c1)CNC2. The molecule has 4 rings (SSSR count). The summed E-state index contributed by atoms with van der Waals surface area (Å²) in [7, 11) is 0. The van der Waals surface area contributed by atoms with Crippen molar-refractivity contribution in [1.29, 1.82) is 0 Å². The Balaban J connectivity index is 0.000000111. The van der Waals surface area contributed by atoms with E-state index in [9.17, 15) is 0 Å². The summed E-state index contributed by atoms with van der Waals surface area (Å²) in [5.41, 5.74) is 5.29. The van der Waals surface area contributed by atoms with E-state index < -0.39 is 0 Å². The van der Waals surface area contributed by atoms with Crippen LogP contribution < -0.4 is 10.6 Å². The minimum absolute atomic E-state index is 0.941. The first-order valence-corrected chi connectivity index (χ1v) is 6.19. The van der Waals surface area contributed by atoms with Gasteiger partial charge in [0.2, 0.25) is 0 Å². The van der Waals surface area contributed by atoms with Gasteiger partial charge in [0.25, 0.3) is 0 Å². The summed E-state index contributed by atoms with van der Waals surface area (Å²) in [5, 5.41) is 6.47. The third-order valence-corrected chi connectivity index (χ3v) is 3.23. The molecule has 0 unspecified atom stereocenters. The van der Waals surface area contributed by atoms with E-state index in [-0.39, 0.29) is 0 Å². The maximum atomic E-state index is 4.20. The van der Waals surface area contributed by atoms with Crippen molar-refractivity contribution < 1.29 is 0 Å². The van der Waals surface area contributed by atoms with E-state index in [1.165, 1.54) is 22.4 Å². The van der Waals surface area contributed by atoms with Gasteiger partial charge in [-0.25, -0.2) is 0 Å². The topological polar surface area (TPSA) is 49.8 Å². The summed E-state index contributed by atoms with van der Waals surface area (Å²) in [6.07, 6.45) is 5.60. The van der Waals surface area contributed by atoms with Crippen LogP contribution in [0, 0.1) is 0 Å². The molecule has 4 heterocycles. The molecular weight excluding hydrogens is 224 g/mol. The number of hydrogen-bond donors (Lipinski definition) is 2. The Morgan fingerprint density at radius 1 is 0.833 bits per heavy atom. The predicted octanol–water partition coefficient (Wildman–Crippen LogP) is 1.37. The van der Waals surface area contributed by atoms with E-state index in [0.29, 0.717) is 0 Å². The molecule has 2 N–H and O–H groups in total. The molecule has 4 heteroatoms. The summed E-state index contributed by atoms with van der Waals surface area (Å²) < 4.78 is 0. The second kappa shape index (κ2) is 5.25. The van der Waals surface area contributed by atoms with Gasteiger partial charge < -0.3 is 10.6 Å². The van der Waals surface area contributed by atoms with Gasteiger partial charge in [-0.05, 0) is 28.8 Å². The lowest BCUT2D eigenvalue weighted by Crippen LogP contribution is -2.00. The fourth-order valence-corrected chi connectivity index (χ4v) is 2.23. The van der Waals surface area contributed by atoms with Gasteiger partial charge in [0.05, 0.1) is 5.69 Å². The zero-order chi connectivity index (χ0) is 12.2. The van der Waals surface area contributed by atoms with E-state index >= 15 is 0 Å². The van der Waals surface area contributed by atoms with E-state index in [1.807, 2.05) is 24.7 Å². The quantitative estimate of drug-likeness (QED) is 0.730. The molecule has 0 radical (unpaired) electrons. The van der Waals surface area contributed by atoms with Crippen LogP contribution in [0.4, 0.5) is 0 Å². The summed E-state index contributed by atoms with van der Waals surface area (Å²) in [6.45, 7) is 3.93. The van der Waals surface area contributed by atoms with Crippen LogP contribution >= 0.6 is 0 Å². The average molecular weight is 240 g/mol. The van der Waals surface area contributed by atoms with Crippen LogP contribution in [0.5, 0.6) is 0 Å². The molecule has 92 valence electrons. The zero-order valence-electron chi connectivity index (χ0n) is 10.2. The average Bonchev–Trinajstić information content (AvgIpc) is 3.08. The summed E-state index contributed by atoms with van der Waals surface area (Å²) >= 11 is 0. The molecule has 0 amide bonds. The van der Waals surface area contributed by atoms with Crippen molar-refractivity contribution >= 4 is 0 Å². The zero-order valence-corrected chi connectivity index (χ0v) is 10.2. The third-order valence-electron chi connectivity index (χ3n) is 3.23. The largest absolute Gasteiger partial charge is 0.309 e. The monoisotopic (exact) mass is 240 g/mol. The minimum Gasteiger partial charge on any atom is -0.309 e. The van der Waals surface area contributed by atoms with Crippen molar-refractivity contribution in [2.45, 2.75) is 26.2 Å². The molecule has 2 aromatic heterocycles. The van der Waals surface area contributed by atoms with Crippen molar-refractivity contribution in [2.75, 3.05) is 0 Å². The highest BCUT2D eigenvalue weighted by atomic mass is 14.9. The van der Waals surface area contributed by atoms with Crippen LogP contribution in [0.2, 0.25) is 0 Å². The normalized spacial score (nSPS) is 15.6.